The van der Waals surface area contributed by atoms with Crippen LogP contribution in [0.5, 0.6) is 0 Å². The van der Waals surface area contributed by atoms with Gasteiger partial charge in [-0.25, -0.2) is 0 Å². The highest BCUT2D eigenvalue weighted by Gasteiger charge is 2.29. The van der Waals surface area contributed by atoms with Crippen LogP contribution in [0.15, 0.2) is 0 Å². The maximum atomic E-state index is 12.9. The molecule has 0 aromatic carbocycles. The number of amides is 1. The fourth-order valence-corrected chi connectivity index (χ4v) is 3.32. The van der Waals surface area contributed by atoms with Gasteiger partial charge in [-0.3, -0.25) is 14.5 Å². The molecule has 0 bridgehead atoms. The molecule has 1 saturated heterocycles. The van der Waals surface area contributed by atoms with E-state index in [9.17, 15) is 9.59 Å². The van der Waals surface area contributed by atoms with Crippen LogP contribution in [0, 0.1) is 6.92 Å². The van der Waals surface area contributed by atoms with Gasteiger partial charge in [0.05, 0.1) is 6.61 Å². The normalized spacial score (nSPS) is 16.2. The quantitative estimate of drug-likeness (QED) is 0.804. The number of piperazine rings is 1. The largest absolute Gasteiger partial charge is 0.395 e. The average molecular weight is 321 g/mol. The summed E-state index contributed by atoms with van der Waals surface area (Å²) in [6.07, 6.45) is 0. The SMILES string of the molecule is CC(=O)c1c(C)[nH]c(C(=O)N2CCN(CCO)CC2)c1C(C)C. The second kappa shape index (κ2) is 7.27. The number of ketones is 1. The molecular weight excluding hydrogens is 294 g/mol. The van der Waals surface area contributed by atoms with E-state index in [2.05, 4.69) is 9.88 Å². The zero-order valence-electron chi connectivity index (χ0n) is 14.5. The van der Waals surface area contributed by atoms with Crippen molar-refractivity contribution in [1.29, 1.82) is 0 Å². The minimum atomic E-state index is -0.0343. The summed E-state index contributed by atoms with van der Waals surface area (Å²) in [4.78, 5) is 32.0. The van der Waals surface area contributed by atoms with Crippen molar-refractivity contribution in [2.75, 3.05) is 39.3 Å². The topological polar surface area (TPSA) is 76.6 Å². The second-order valence-electron chi connectivity index (χ2n) is 6.48. The number of rotatable bonds is 5. The summed E-state index contributed by atoms with van der Waals surface area (Å²) < 4.78 is 0. The molecule has 6 heteroatoms. The third-order valence-electron chi connectivity index (χ3n) is 4.45. The number of carbonyl (C=O) groups excluding carboxylic acids is 2. The molecule has 0 aliphatic carbocycles. The summed E-state index contributed by atoms with van der Waals surface area (Å²) in [7, 11) is 0. The van der Waals surface area contributed by atoms with Gasteiger partial charge in [0, 0.05) is 44.0 Å². The van der Waals surface area contributed by atoms with E-state index in [-0.39, 0.29) is 24.2 Å². The van der Waals surface area contributed by atoms with Crippen LogP contribution in [0.1, 0.15) is 58.8 Å². The lowest BCUT2D eigenvalue weighted by atomic mass is 9.95. The molecule has 0 radical (unpaired) electrons. The number of nitrogens with zero attached hydrogens (tertiary/aromatic N) is 2. The molecule has 2 rings (SSSR count). The molecule has 0 saturated carbocycles. The molecule has 0 spiro atoms. The number of aromatic nitrogens is 1. The first kappa shape index (κ1) is 17.7. The Labute approximate surface area is 137 Å². The van der Waals surface area contributed by atoms with Crippen LogP contribution in [-0.4, -0.2) is 70.9 Å². The predicted octanol–water partition coefficient (Wildman–Crippen LogP) is 1.40. The first-order valence-corrected chi connectivity index (χ1v) is 8.22. The molecule has 1 aromatic heterocycles. The Balaban J connectivity index is 2.23. The fraction of sp³-hybridized carbons (Fsp3) is 0.647. The highest BCUT2D eigenvalue weighted by Crippen LogP contribution is 2.28. The summed E-state index contributed by atoms with van der Waals surface area (Å²) in [5.74, 6) is 0.0655. The van der Waals surface area contributed by atoms with E-state index in [1.54, 1.807) is 6.92 Å². The summed E-state index contributed by atoms with van der Waals surface area (Å²) in [6, 6.07) is 0. The monoisotopic (exact) mass is 321 g/mol. The van der Waals surface area contributed by atoms with Gasteiger partial charge in [0.15, 0.2) is 5.78 Å². The molecule has 1 aromatic rings. The van der Waals surface area contributed by atoms with Crippen LogP contribution in [0.2, 0.25) is 0 Å². The summed E-state index contributed by atoms with van der Waals surface area (Å²) in [5, 5.41) is 9.00. The maximum absolute atomic E-state index is 12.9. The minimum absolute atomic E-state index is 0.00531. The van der Waals surface area contributed by atoms with E-state index < -0.39 is 0 Å². The minimum Gasteiger partial charge on any atom is -0.395 e. The van der Waals surface area contributed by atoms with Crippen molar-refractivity contribution in [3.05, 3.63) is 22.5 Å². The maximum Gasteiger partial charge on any atom is 0.270 e. The van der Waals surface area contributed by atoms with Crippen LogP contribution in [0.4, 0.5) is 0 Å². The van der Waals surface area contributed by atoms with Crippen molar-refractivity contribution in [2.24, 2.45) is 0 Å². The number of nitrogens with one attached hydrogen (secondary N) is 1. The van der Waals surface area contributed by atoms with E-state index in [4.69, 9.17) is 5.11 Å². The highest BCUT2D eigenvalue weighted by molar-refractivity contribution is 6.03. The summed E-state index contributed by atoms with van der Waals surface area (Å²) in [6.45, 7) is 11.0. The molecule has 2 N–H and O–H groups in total. The standard InChI is InChI=1S/C17H27N3O3/c1-11(2)14-15(13(4)22)12(3)18-16(14)17(23)20-7-5-19(6-8-20)9-10-21/h11,18,21H,5-10H2,1-4H3. The van der Waals surface area contributed by atoms with Crippen molar-refractivity contribution >= 4 is 11.7 Å². The van der Waals surface area contributed by atoms with E-state index >= 15 is 0 Å². The molecule has 23 heavy (non-hydrogen) atoms. The summed E-state index contributed by atoms with van der Waals surface area (Å²) >= 11 is 0. The molecule has 0 unspecified atom stereocenters. The molecular formula is C17H27N3O3. The number of β-amino-alcohol motifs (C(OH)–C–C–N with tert-alkyl or cyclic N) is 1. The van der Waals surface area contributed by atoms with Crippen molar-refractivity contribution in [1.82, 2.24) is 14.8 Å². The van der Waals surface area contributed by atoms with E-state index in [1.807, 2.05) is 25.7 Å². The molecule has 1 fully saturated rings. The molecule has 128 valence electrons. The van der Waals surface area contributed by atoms with Crippen molar-refractivity contribution in [3.63, 3.8) is 0 Å². The predicted molar refractivity (Wildman–Crippen MR) is 89.1 cm³/mol. The number of aliphatic hydroxyl groups excluding tert-OH is 1. The van der Waals surface area contributed by atoms with Crippen molar-refractivity contribution in [3.8, 4) is 0 Å². The number of aromatic amines is 1. The van der Waals surface area contributed by atoms with Gasteiger partial charge in [-0.1, -0.05) is 13.8 Å². The lowest BCUT2D eigenvalue weighted by Gasteiger charge is -2.34. The lowest BCUT2D eigenvalue weighted by molar-refractivity contribution is 0.0608. The Hall–Kier alpha value is -1.66. The Kier molecular flexibility index (Phi) is 5.59. The first-order valence-electron chi connectivity index (χ1n) is 8.22. The van der Waals surface area contributed by atoms with Gasteiger partial charge in [0.25, 0.3) is 5.91 Å². The third-order valence-corrected chi connectivity index (χ3v) is 4.45. The zero-order chi connectivity index (χ0) is 17.1. The molecule has 1 amide bonds. The van der Waals surface area contributed by atoms with Crippen LogP contribution < -0.4 is 0 Å². The van der Waals surface area contributed by atoms with Crippen molar-refractivity contribution in [2.45, 2.75) is 33.6 Å². The molecule has 1 aliphatic heterocycles. The van der Waals surface area contributed by atoms with Gasteiger partial charge in [-0.2, -0.15) is 0 Å². The third kappa shape index (κ3) is 3.64. The van der Waals surface area contributed by atoms with Gasteiger partial charge in [-0.05, 0) is 25.3 Å². The lowest BCUT2D eigenvalue weighted by Crippen LogP contribution is -2.49. The highest BCUT2D eigenvalue weighted by atomic mass is 16.3. The summed E-state index contributed by atoms with van der Waals surface area (Å²) in [5.41, 5.74) is 2.81. The van der Waals surface area contributed by atoms with E-state index in [0.717, 1.165) is 24.3 Å². The van der Waals surface area contributed by atoms with Crippen LogP contribution in [-0.2, 0) is 0 Å². The number of aliphatic hydroxyl groups is 1. The zero-order valence-corrected chi connectivity index (χ0v) is 14.5. The van der Waals surface area contributed by atoms with Gasteiger partial charge >= 0.3 is 0 Å². The van der Waals surface area contributed by atoms with Gasteiger partial charge in [0.2, 0.25) is 0 Å². The molecule has 0 atom stereocenters. The number of Topliss-reactive ketones (excluding diaryl/α,β-unsaturated/α-hetero) is 1. The Morgan fingerprint density at radius 1 is 1.22 bits per heavy atom. The second-order valence-corrected chi connectivity index (χ2v) is 6.48. The molecule has 2 heterocycles. The van der Waals surface area contributed by atoms with Crippen molar-refractivity contribution < 1.29 is 14.7 Å². The van der Waals surface area contributed by atoms with Gasteiger partial charge < -0.3 is 15.0 Å². The Morgan fingerprint density at radius 3 is 2.30 bits per heavy atom. The number of hydrogen-bond acceptors (Lipinski definition) is 4. The smallest absolute Gasteiger partial charge is 0.270 e. The van der Waals surface area contributed by atoms with Gasteiger partial charge in [-0.15, -0.1) is 0 Å². The van der Waals surface area contributed by atoms with E-state index in [0.29, 0.717) is 30.9 Å². The number of aryl methyl sites for hydroxylation is 1. The van der Waals surface area contributed by atoms with Crippen LogP contribution >= 0.6 is 0 Å². The van der Waals surface area contributed by atoms with Gasteiger partial charge in [0.1, 0.15) is 5.69 Å². The molecule has 1 aliphatic rings. The average Bonchev–Trinajstić information content (AvgIpc) is 2.85. The first-order chi connectivity index (χ1) is 10.9. The molecule has 6 nitrogen and oxygen atoms in total. The van der Waals surface area contributed by atoms with Crippen LogP contribution in [0.25, 0.3) is 0 Å². The number of H-pyrrole nitrogens is 1. The van der Waals surface area contributed by atoms with E-state index in [1.165, 1.54) is 0 Å². The Bertz CT molecular complexity index is 584. The number of hydrogen-bond donors (Lipinski definition) is 2. The fourth-order valence-electron chi connectivity index (χ4n) is 3.32. The van der Waals surface area contributed by atoms with Crippen LogP contribution in [0.3, 0.4) is 0 Å². The Morgan fingerprint density at radius 2 is 1.83 bits per heavy atom. The number of carbonyl (C=O) groups is 2.